The van der Waals surface area contributed by atoms with Gasteiger partial charge in [0.2, 0.25) is 0 Å². The van der Waals surface area contributed by atoms with Crippen LogP contribution in [-0.4, -0.2) is 33.0 Å². The van der Waals surface area contributed by atoms with E-state index >= 15 is 0 Å². The molecule has 2 N–H and O–H groups in total. The maximum Gasteiger partial charge on any atom is 0.161 e. The zero-order valence-corrected chi connectivity index (χ0v) is 17.7. The van der Waals surface area contributed by atoms with Crippen molar-refractivity contribution in [3.63, 3.8) is 0 Å². The third-order valence-electron chi connectivity index (χ3n) is 5.88. The monoisotopic (exact) mass is 384 g/mol. The summed E-state index contributed by atoms with van der Waals surface area (Å²) in [7, 11) is 3.35. The number of benzene rings is 2. The highest BCUT2D eigenvalue weighted by Gasteiger charge is 2.42. The summed E-state index contributed by atoms with van der Waals surface area (Å²) in [4.78, 5) is 0. The van der Waals surface area contributed by atoms with E-state index in [0.29, 0.717) is 0 Å². The van der Waals surface area contributed by atoms with Gasteiger partial charge >= 0.3 is 0 Å². The molecule has 1 aliphatic rings. The number of ether oxygens (including phenoxy) is 3. The van der Waals surface area contributed by atoms with Gasteiger partial charge in [0.15, 0.2) is 11.5 Å². The van der Waals surface area contributed by atoms with Gasteiger partial charge in [-0.25, -0.2) is 0 Å². The molecule has 2 aromatic carbocycles. The molecular formula is C24H34NO3+. The molecule has 0 aliphatic carbocycles. The molecule has 3 rings (SSSR count). The fraction of sp³-hybridized carbons (Fsp3) is 0.500. The van der Waals surface area contributed by atoms with E-state index in [1.165, 1.54) is 11.1 Å². The Kier molecular flexibility index (Phi) is 6.63. The Bertz CT molecular complexity index is 760. The molecule has 0 aromatic heterocycles. The van der Waals surface area contributed by atoms with Crippen LogP contribution in [0.5, 0.6) is 11.5 Å². The summed E-state index contributed by atoms with van der Waals surface area (Å²) < 4.78 is 16.8. The van der Waals surface area contributed by atoms with Crippen LogP contribution in [-0.2, 0) is 16.7 Å². The Hall–Kier alpha value is -2.04. The second-order valence-electron chi connectivity index (χ2n) is 8.40. The fourth-order valence-electron chi connectivity index (χ4n) is 4.53. The Morgan fingerprint density at radius 3 is 2.43 bits per heavy atom. The molecule has 28 heavy (non-hydrogen) atoms. The summed E-state index contributed by atoms with van der Waals surface area (Å²) >= 11 is 0. The minimum absolute atomic E-state index is 0.0720. The number of quaternary nitrogens is 1. The lowest BCUT2D eigenvalue weighted by atomic mass is 9.67. The van der Waals surface area contributed by atoms with Crippen molar-refractivity contribution < 1.29 is 19.5 Å². The molecule has 1 atom stereocenters. The third kappa shape index (κ3) is 4.86. The van der Waals surface area contributed by atoms with Crippen molar-refractivity contribution >= 4 is 0 Å². The van der Waals surface area contributed by atoms with Gasteiger partial charge in [-0.05, 0) is 50.5 Å². The summed E-state index contributed by atoms with van der Waals surface area (Å²) in [5, 5.41) is 2.40. The summed E-state index contributed by atoms with van der Waals surface area (Å²) in [5.41, 5.74) is 2.82. The number of rotatable bonds is 8. The van der Waals surface area contributed by atoms with Crippen LogP contribution < -0.4 is 14.8 Å². The van der Waals surface area contributed by atoms with E-state index in [1.54, 1.807) is 14.2 Å². The molecule has 2 aromatic rings. The number of hydrogen-bond acceptors (Lipinski definition) is 3. The molecule has 0 spiro atoms. The second kappa shape index (κ2) is 8.97. The van der Waals surface area contributed by atoms with E-state index in [1.807, 2.05) is 6.07 Å². The van der Waals surface area contributed by atoms with Crippen molar-refractivity contribution in [1.82, 2.24) is 0 Å². The number of methoxy groups -OCH3 is 2. The van der Waals surface area contributed by atoms with Crippen molar-refractivity contribution in [3.8, 4) is 11.5 Å². The van der Waals surface area contributed by atoms with Crippen LogP contribution in [0.15, 0.2) is 48.5 Å². The van der Waals surface area contributed by atoms with E-state index in [0.717, 1.165) is 50.5 Å². The second-order valence-corrected chi connectivity index (χ2v) is 8.40. The highest BCUT2D eigenvalue weighted by molar-refractivity contribution is 5.42. The van der Waals surface area contributed by atoms with Crippen LogP contribution >= 0.6 is 0 Å². The van der Waals surface area contributed by atoms with E-state index in [2.05, 4.69) is 61.6 Å². The minimum atomic E-state index is -0.0720. The van der Waals surface area contributed by atoms with Crippen molar-refractivity contribution in [2.45, 2.75) is 50.7 Å². The Morgan fingerprint density at radius 1 is 1.00 bits per heavy atom. The molecule has 0 radical (unpaired) electrons. The quantitative estimate of drug-likeness (QED) is 0.706. The van der Waals surface area contributed by atoms with Crippen molar-refractivity contribution in [2.24, 2.45) is 0 Å². The fourth-order valence-corrected chi connectivity index (χ4v) is 4.53. The van der Waals surface area contributed by atoms with Gasteiger partial charge in [0.1, 0.15) is 6.54 Å². The molecule has 4 nitrogen and oxygen atoms in total. The van der Waals surface area contributed by atoms with Crippen LogP contribution in [0.4, 0.5) is 0 Å². The van der Waals surface area contributed by atoms with Gasteiger partial charge in [0.25, 0.3) is 0 Å². The number of hydrogen-bond donors (Lipinski definition) is 1. The summed E-state index contributed by atoms with van der Waals surface area (Å²) in [6, 6.07) is 17.2. The molecule has 0 bridgehead atoms. The van der Waals surface area contributed by atoms with Crippen molar-refractivity contribution in [1.29, 1.82) is 0 Å². The first-order chi connectivity index (χ1) is 13.5. The first-order valence-corrected chi connectivity index (χ1v) is 10.2. The lowest BCUT2D eigenvalue weighted by Crippen LogP contribution is -2.83. The first kappa shape index (κ1) is 20.7. The van der Waals surface area contributed by atoms with E-state index in [4.69, 9.17) is 14.2 Å². The molecule has 1 aliphatic heterocycles. The minimum Gasteiger partial charge on any atom is -0.493 e. The van der Waals surface area contributed by atoms with Gasteiger partial charge in [-0.15, -0.1) is 0 Å². The predicted octanol–water partition coefficient (Wildman–Crippen LogP) is 3.68. The van der Waals surface area contributed by atoms with E-state index < -0.39 is 0 Å². The van der Waals surface area contributed by atoms with Crippen LogP contribution in [0.2, 0.25) is 0 Å². The largest absolute Gasteiger partial charge is 0.493 e. The lowest BCUT2D eigenvalue weighted by Gasteiger charge is -2.45. The maximum absolute atomic E-state index is 6.03. The molecule has 1 fully saturated rings. The van der Waals surface area contributed by atoms with Crippen LogP contribution in [0, 0.1) is 0 Å². The predicted molar refractivity (Wildman–Crippen MR) is 112 cm³/mol. The SMILES string of the molecule is COc1ccc(C[NH2+]CC[C@@]2(c3ccccc3)CCOC(C)(C)C2)cc1OC. The van der Waals surface area contributed by atoms with Gasteiger partial charge in [0, 0.05) is 24.0 Å². The van der Waals surface area contributed by atoms with Crippen molar-refractivity contribution in [3.05, 3.63) is 59.7 Å². The van der Waals surface area contributed by atoms with E-state index in [-0.39, 0.29) is 11.0 Å². The van der Waals surface area contributed by atoms with Crippen molar-refractivity contribution in [2.75, 3.05) is 27.4 Å². The standard InChI is InChI=1S/C24H33NO3/c1-23(2)18-24(13-15-28-23,20-8-6-5-7-9-20)12-14-25-17-19-10-11-21(26-3)22(16-19)27-4/h5-11,16,25H,12-15,17-18H2,1-4H3/p+1/t24-/m1/s1. The Labute approximate surface area is 169 Å². The van der Waals surface area contributed by atoms with Gasteiger partial charge in [-0.1, -0.05) is 30.3 Å². The van der Waals surface area contributed by atoms with E-state index in [9.17, 15) is 0 Å². The normalized spacial score (nSPS) is 21.3. The van der Waals surface area contributed by atoms with Crippen LogP contribution in [0.3, 0.4) is 0 Å². The van der Waals surface area contributed by atoms with Gasteiger partial charge in [-0.2, -0.15) is 0 Å². The highest BCUT2D eigenvalue weighted by Crippen LogP contribution is 2.43. The Balaban J connectivity index is 1.65. The maximum atomic E-state index is 6.03. The zero-order chi connectivity index (χ0) is 20.0. The molecule has 0 unspecified atom stereocenters. The summed E-state index contributed by atoms with van der Waals surface area (Å²) in [6.07, 6.45) is 3.30. The molecule has 152 valence electrons. The van der Waals surface area contributed by atoms with Crippen LogP contribution in [0.25, 0.3) is 0 Å². The number of nitrogens with two attached hydrogens (primary N) is 1. The van der Waals surface area contributed by atoms with Crippen LogP contribution in [0.1, 0.15) is 44.2 Å². The first-order valence-electron chi connectivity index (χ1n) is 10.2. The molecule has 0 amide bonds. The Morgan fingerprint density at radius 2 is 1.75 bits per heavy atom. The summed E-state index contributed by atoms with van der Waals surface area (Å²) in [5.74, 6) is 1.57. The lowest BCUT2D eigenvalue weighted by molar-refractivity contribution is -0.672. The topological polar surface area (TPSA) is 44.3 Å². The third-order valence-corrected chi connectivity index (χ3v) is 5.88. The summed E-state index contributed by atoms with van der Waals surface area (Å²) in [6.45, 7) is 7.29. The molecule has 1 heterocycles. The highest BCUT2D eigenvalue weighted by atomic mass is 16.5. The molecule has 0 saturated carbocycles. The van der Waals surface area contributed by atoms with Gasteiger partial charge in [-0.3, -0.25) is 0 Å². The molecule has 4 heteroatoms. The average molecular weight is 385 g/mol. The van der Waals surface area contributed by atoms with Gasteiger partial charge in [0.05, 0.1) is 26.4 Å². The molecule has 1 saturated heterocycles. The smallest absolute Gasteiger partial charge is 0.161 e. The zero-order valence-electron chi connectivity index (χ0n) is 17.7. The van der Waals surface area contributed by atoms with Gasteiger partial charge < -0.3 is 19.5 Å². The average Bonchev–Trinajstić information content (AvgIpc) is 2.71. The molecular weight excluding hydrogens is 350 g/mol.